The van der Waals surface area contributed by atoms with Gasteiger partial charge in [0.1, 0.15) is 4.99 Å². The Morgan fingerprint density at radius 1 is 1.57 bits per heavy atom. The van der Waals surface area contributed by atoms with E-state index in [1.807, 2.05) is 25.2 Å². The Balaban J connectivity index is 3.06. The van der Waals surface area contributed by atoms with Crippen molar-refractivity contribution in [1.82, 2.24) is 0 Å². The van der Waals surface area contributed by atoms with Gasteiger partial charge in [0.05, 0.1) is 0 Å². The topological polar surface area (TPSA) is 29.3 Å². The first-order chi connectivity index (χ1) is 6.56. The van der Waals surface area contributed by atoms with Gasteiger partial charge >= 0.3 is 0 Å². The van der Waals surface area contributed by atoms with E-state index in [1.54, 1.807) is 0 Å². The van der Waals surface area contributed by atoms with Crippen LogP contribution in [-0.4, -0.2) is 18.6 Å². The average molecular weight is 273 g/mol. The second kappa shape index (κ2) is 4.75. The highest BCUT2D eigenvalue weighted by Crippen LogP contribution is 2.23. The second-order valence-electron chi connectivity index (χ2n) is 3.04. The van der Waals surface area contributed by atoms with E-state index in [0.717, 1.165) is 22.3 Å². The van der Waals surface area contributed by atoms with Crippen LogP contribution in [0.15, 0.2) is 22.7 Å². The van der Waals surface area contributed by atoms with E-state index in [0.29, 0.717) is 4.99 Å². The molecule has 0 aromatic heterocycles. The Bertz CT molecular complexity index is 352. The number of nitrogens with two attached hydrogens (primary N) is 1. The summed E-state index contributed by atoms with van der Waals surface area (Å²) < 4.78 is 0.947. The molecule has 1 aromatic rings. The number of nitrogens with zero attached hydrogens (tertiary/aromatic N) is 1. The van der Waals surface area contributed by atoms with Gasteiger partial charge < -0.3 is 10.6 Å². The zero-order valence-corrected chi connectivity index (χ0v) is 10.7. The maximum Gasteiger partial charge on any atom is 0.105 e. The van der Waals surface area contributed by atoms with Crippen LogP contribution in [0.3, 0.4) is 0 Å². The van der Waals surface area contributed by atoms with Crippen LogP contribution in [0.2, 0.25) is 0 Å². The molecule has 0 spiro atoms. The average Bonchev–Trinajstić information content (AvgIpc) is 2.15. The maximum atomic E-state index is 5.56. The third-order valence-electron chi connectivity index (χ3n) is 2.13. The van der Waals surface area contributed by atoms with E-state index in [-0.39, 0.29) is 0 Å². The van der Waals surface area contributed by atoms with Crippen LogP contribution in [-0.2, 0) is 0 Å². The van der Waals surface area contributed by atoms with Gasteiger partial charge in [-0.1, -0.05) is 12.2 Å². The Morgan fingerprint density at radius 2 is 2.21 bits per heavy atom. The van der Waals surface area contributed by atoms with Crippen LogP contribution in [0.25, 0.3) is 0 Å². The minimum atomic E-state index is 0.419. The summed E-state index contributed by atoms with van der Waals surface area (Å²) in [5.41, 5.74) is 7.60. The Morgan fingerprint density at radius 3 is 2.64 bits per heavy atom. The molecule has 0 saturated carbocycles. The third-order valence-corrected chi connectivity index (χ3v) is 3.01. The van der Waals surface area contributed by atoms with Gasteiger partial charge in [0.25, 0.3) is 0 Å². The molecule has 76 valence electrons. The number of thiocarbonyl (C=S) groups is 1. The highest BCUT2D eigenvalue weighted by Gasteiger charge is 2.05. The van der Waals surface area contributed by atoms with Crippen molar-refractivity contribution in [3.63, 3.8) is 0 Å². The van der Waals surface area contributed by atoms with E-state index in [2.05, 4.69) is 27.8 Å². The molecule has 0 unspecified atom stereocenters. The summed E-state index contributed by atoms with van der Waals surface area (Å²) in [6, 6.07) is 5.98. The lowest BCUT2D eigenvalue weighted by atomic mass is 10.2. The van der Waals surface area contributed by atoms with Gasteiger partial charge in [-0.15, -0.1) is 0 Å². The van der Waals surface area contributed by atoms with E-state index < -0.39 is 0 Å². The molecule has 2 nitrogen and oxygen atoms in total. The summed E-state index contributed by atoms with van der Waals surface area (Å²) in [6.45, 7) is 3.08. The highest BCUT2D eigenvalue weighted by molar-refractivity contribution is 9.10. The lowest BCUT2D eigenvalue weighted by Crippen LogP contribution is -2.16. The number of hydrogen-bond donors (Lipinski definition) is 1. The van der Waals surface area contributed by atoms with Crippen molar-refractivity contribution in [3.8, 4) is 0 Å². The number of benzene rings is 1. The zero-order valence-electron chi connectivity index (χ0n) is 8.25. The van der Waals surface area contributed by atoms with E-state index in [1.165, 1.54) is 0 Å². The first-order valence-corrected chi connectivity index (χ1v) is 5.57. The summed E-state index contributed by atoms with van der Waals surface area (Å²) in [5.74, 6) is 0. The van der Waals surface area contributed by atoms with Gasteiger partial charge in [-0.2, -0.15) is 0 Å². The molecule has 0 aliphatic heterocycles. The molecule has 14 heavy (non-hydrogen) atoms. The molecular formula is C10H13BrN2S. The van der Waals surface area contributed by atoms with Gasteiger partial charge in [0.15, 0.2) is 0 Å². The molecule has 0 amide bonds. The molecule has 0 atom stereocenters. The van der Waals surface area contributed by atoms with Gasteiger partial charge in [0, 0.05) is 29.3 Å². The molecule has 0 aliphatic carbocycles. The van der Waals surface area contributed by atoms with Crippen molar-refractivity contribution in [2.24, 2.45) is 5.73 Å². The van der Waals surface area contributed by atoms with Crippen molar-refractivity contribution in [1.29, 1.82) is 0 Å². The normalized spacial score (nSPS) is 9.93. The predicted molar refractivity (Wildman–Crippen MR) is 69.0 cm³/mol. The summed E-state index contributed by atoms with van der Waals surface area (Å²) >= 11 is 8.37. The van der Waals surface area contributed by atoms with E-state index in [4.69, 9.17) is 18.0 Å². The SMILES string of the molecule is CCN(C)c1ccc(C(N)=S)c(Br)c1. The smallest absolute Gasteiger partial charge is 0.105 e. The van der Waals surface area contributed by atoms with E-state index >= 15 is 0 Å². The fraction of sp³-hybridized carbons (Fsp3) is 0.300. The summed E-state index contributed by atoms with van der Waals surface area (Å²) in [7, 11) is 2.04. The van der Waals surface area contributed by atoms with Crippen LogP contribution in [0.4, 0.5) is 5.69 Å². The number of hydrogen-bond acceptors (Lipinski definition) is 2. The number of halogens is 1. The molecule has 0 radical (unpaired) electrons. The monoisotopic (exact) mass is 272 g/mol. The van der Waals surface area contributed by atoms with Crippen LogP contribution in [0.1, 0.15) is 12.5 Å². The molecule has 0 saturated heterocycles. The van der Waals surface area contributed by atoms with Crippen LogP contribution in [0.5, 0.6) is 0 Å². The summed E-state index contributed by atoms with van der Waals surface area (Å²) in [6.07, 6.45) is 0. The first-order valence-electron chi connectivity index (χ1n) is 4.36. The molecule has 0 heterocycles. The highest BCUT2D eigenvalue weighted by atomic mass is 79.9. The lowest BCUT2D eigenvalue weighted by Gasteiger charge is -2.17. The van der Waals surface area contributed by atoms with Gasteiger partial charge in [-0.25, -0.2) is 0 Å². The Hall–Kier alpha value is -0.610. The van der Waals surface area contributed by atoms with Gasteiger partial charge in [-0.05, 0) is 41.1 Å². The zero-order chi connectivity index (χ0) is 10.7. The van der Waals surface area contributed by atoms with Crippen molar-refractivity contribution >= 4 is 38.8 Å². The minimum absolute atomic E-state index is 0.419. The summed E-state index contributed by atoms with van der Waals surface area (Å²) in [5, 5.41) is 0. The van der Waals surface area contributed by atoms with Crippen molar-refractivity contribution in [2.75, 3.05) is 18.5 Å². The van der Waals surface area contributed by atoms with Crippen molar-refractivity contribution in [2.45, 2.75) is 6.92 Å². The first kappa shape index (κ1) is 11.5. The molecule has 1 rings (SSSR count). The molecule has 2 N–H and O–H groups in total. The van der Waals surface area contributed by atoms with Crippen molar-refractivity contribution < 1.29 is 0 Å². The minimum Gasteiger partial charge on any atom is -0.389 e. The Kier molecular flexibility index (Phi) is 3.89. The largest absolute Gasteiger partial charge is 0.389 e. The van der Waals surface area contributed by atoms with Crippen LogP contribution in [0, 0.1) is 0 Å². The van der Waals surface area contributed by atoms with Crippen LogP contribution < -0.4 is 10.6 Å². The van der Waals surface area contributed by atoms with E-state index in [9.17, 15) is 0 Å². The number of anilines is 1. The third kappa shape index (κ3) is 2.45. The summed E-state index contributed by atoms with van der Waals surface area (Å²) in [4.78, 5) is 2.57. The second-order valence-corrected chi connectivity index (χ2v) is 4.34. The Labute approximate surface area is 98.2 Å². The van der Waals surface area contributed by atoms with Gasteiger partial charge in [-0.3, -0.25) is 0 Å². The molecule has 0 aliphatic rings. The van der Waals surface area contributed by atoms with Crippen LogP contribution >= 0.6 is 28.1 Å². The predicted octanol–water partition coefficient (Wildman–Crippen LogP) is 2.54. The lowest BCUT2D eigenvalue weighted by molar-refractivity contribution is 0.967. The van der Waals surface area contributed by atoms with Gasteiger partial charge in [0.2, 0.25) is 0 Å². The number of rotatable bonds is 3. The molecule has 4 heteroatoms. The molecule has 0 bridgehead atoms. The molecular weight excluding hydrogens is 260 g/mol. The standard InChI is InChI=1S/C10H13BrN2S/c1-3-13(2)7-4-5-8(10(12)14)9(11)6-7/h4-6H,3H2,1-2H3,(H2,12,14). The fourth-order valence-corrected chi connectivity index (χ4v) is 2.01. The molecule has 0 fully saturated rings. The van der Waals surface area contributed by atoms with Crippen molar-refractivity contribution in [3.05, 3.63) is 28.2 Å². The quantitative estimate of drug-likeness (QED) is 0.858. The maximum absolute atomic E-state index is 5.56. The fourth-order valence-electron chi connectivity index (χ4n) is 1.12. The molecule has 1 aromatic carbocycles.